The van der Waals surface area contributed by atoms with Gasteiger partial charge in [0.2, 0.25) is 0 Å². The van der Waals surface area contributed by atoms with Gasteiger partial charge < -0.3 is 10.1 Å². The number of hydrogen-bond acceptors (Lipinski definition) is 7. The number of ketones is 1. The van der Waals surface area contributed by atoms with Crippen LogP contribution in [0.5, 0.6) is 0 Å². The molecule has 8 heteroatoms. The average Bonchev–Trinajstić information content (AvgIpc) is 3.30. The number of carbonyl (C=O) groups excluding carboxylic acids is 2. The fourth-order valence-electron chi connectivity index (χ4n) is 5.55. The summed E-state index contributed by atoms with van der Waals surface area (Å²) in [5.41, 5.74) is 4.22. The van der Waals surface area contributed by atoms with Gasteiger partial charge in [0.05, 0.1) is 12.0 Å². The molecule has 5 rings (SSSR count). The number of ether oxygens (including phenoxy) is 1. The Bertz CT molecular complexity index is 1310. The number of esters is 1. The van der Waals surface area contributed by atoms with E-state index in [4.69, 9.17) is 9.72 Å². The van der Waals surface area contributed by atoms with Crippen LogP contribution < -0.4 is 5.32 Å². The summed E-state index contributed by atoms with van der Waals surface area (Å²) in [6.07, 6.45) is 11.9. The maximum atomic E-state index is 12.9. The fourth-order valence-corrected chi connectivity index (χ4v) is 5.93. The smallest absolute Gasteiger partial charge is 0.328 e. The average molecular weight is 519 g/mol. The summed E-state index contributed by atoms with van der Waals surface area (Å²) in [7, 11) is 0. The van der Waals surface area contributed by atoms with Crippen LogP contribution in [0.1, 0.15) is 50.4 Å². The lowest BCUT2D eigenvalue weighted by Gasteiger charge is -2.44. The van der Waals surface area contributed by atoms with Crippen LogP contribution in [-0.2, 0) is 27.2 Å². The van der Waals surface area contributed by atoms with E-state index < -0.39 is 11.5 Å². The maximum absolute atomic E-state index is 12.9. The molecule has 2 aliphatic carbocycles. The number of fused-ring (bicyclic) bond motifs is 1. The molecule has 1 saturated carbocycles. The van der Waals surface area contributed by atoms with E-state index in [-0.39, 0.29) is 11.8 Å². The van der Waals surface area contributed by atoms with Crippen molar-refractivity contribution in [3.63, 3.8) is 0 Å². The number of rotatable bonds is 10. The molecule has 1 N–H and O–H groups in total. The Morgan fingerprint density at radius 2 is 1.97 bits per heavy atom. The van der Waals surface area contributed by atoms with Crippen LogP contribution in [0.3, 0.4) is 0 Å². The van der Waals surface area contributed by atoms with Crippen LogP contribution in [0, 0.1) is 5.41 Å². The third kappa shape index (κ3) is 5.04. The van der Waals surface area contributed by atoms with E-state index in [1.165, 1.54) is 0 Å². The fraction of sp³-hybridized carbons (Fsp3) is 0.448. The minimum atomic E-state index is -0.545. The Balaban J connectivity index is 1.38. The lowest BCUT2D eigenvalue weighted by atomic mass is 9.62. The molecule has 194 valence electrons. The summed E-state index contributed by atoms with van der Waals surface area (Å²) in [5.74, 6) is 1.87. The van der Waals surface area contributed by atoms with Crippen LogP contribution in [0.25, 0.3) is 16.9 Å². The Morgan fingerprint density at radius 1 is 1.19 bits per heavy atom. The van der Waals surface area contributed by atoms with Crippen molar-refractivity contribution < 1.29 is 14.3 Å². The minimum Gasteiger partial charge on any atom is -0.464 e. The number of aromatic nitrogens is 3. The van der Waals surface area contributed by atoms with Crippen molar-refractivity contribution >= 4 is 34.7 Å². The van der Waals surface area contributed by atoms with Gasteiger partial charge >= 0.3 is 5.97 Å². The van der Waals surface area contributed by atoms with E-state index >= 15 is 0 Å². The summed E-state index contributed by atoms with van der Waals surface area (Å²) < 4.78 is 7.52. The molecular weight excluding hydrogens is 484 g/mol. The predicted molar refractivity (Wildman–Crippen MR) is 147 cm³/mol. The Labute approximate surface area is 222 Å². The van der Waals surface area contributed by atoms with E-state index in [2.05, 4.69) is 33.3 Å². The summed E-state index contributed by atoms with van der Waals surface area (Å²) >= 11 is 1.80. The van der Waals surface area contributed by atoms with Crippen LogP contribution >= 0.6 is 11.8 Å². The molecule has 7 nitrogen and oxygen atoms in total. The molecule has 1 aromatic carbocycles. The molecule has 0 bridgehead atoms. The van der Waals surface area contributed by atoms with Crippen LogP contribution in [0.2, 0.25) is 0 Å². The van der Waals surface area contributed by atoms with Gasteiger partial charge in [-0.2, -0.15) is 11.8 Å². The van der Waals surface area contributed by atoms with E-state index in [0.717, 1.165) is 78.2 Å². The first kappa shape index (κ1) is 25.5. The highest BCUT2D eigenvalue weighted by molar-refractivity contribution is 7.98. The second kappa shape index (κ2) is 11.1. The highest BCUT2D eigenvalue weighted by Gasteiger charge is 2.49. The Morgan fingerprint density at radius 3 is 2.68 bits per heavy atom. The van der Waals surface area contributed by atoms with Crippen molar-refractivity contribution in [2.24, 2.45) is 5.41 Å². The molecule has 0 saturated heterocycles. The number of benzene rings is 1. The second-order valence-corrected chi connectivity index (χ2v) is 10.8. The zero-order valence-electron chi connectivity index (χ0n) is 21.5. The van der Waals surface area contributed by atoms with Gasteiger partial charge in [-0.1, -0.05) is 31.4 Å². The third-order valence-corrected chi connectivity index (χ3v) is 8.13. The van der Waals surface area contributed by atoms with Crippen molar-refractivity contribution in [2.45, 2.75) is 57.9 Å². The number of nitrogens with zero attached hydrogens (tertiary/aromatic N) is 3. The molecule has 0 unspecified atom stereocenters. The first-order valence-electron chi connectivity index (χ1n) is 13.2. The highest BCUT2D eigenvalue weighted by Crippen LogP contribution is 2.48. The first-order valence-corrected chi connectivity index (χ1v) is 14.6. The minimum absolute atomic E-state index is 0.195. The van der Waals surface area contributed by atoms with Crippen molar-refractivity contribution in [2.75, 3.05) is 18.6 Å². The van der Waals surface area contributed by atoms with Crippen LogP contribution in [0.15, 0.2) is 54.4 Å². The largest absolute Gasteiger partial charge is 0.464 e. The molecule has 2 heterocycles. The van der Waals surface area contributed by atoms with Gasteiger partial charge in [-0.25, -0.2) is 14.8 Å². The quantitative estimate of drug-likeness (QED) is 0.386. The van der Waals surface area contributed by atoms with Crippen molar-refractivity contribution in [1.29, 1.82) is 0 Å². The maximum Gasteiger partial charge on any atom is 0.328 e. The van der Waals surface area contributed by atoms with E-state index in [1.807, 2.05) is 31.2 Å². The van der Waals surface area contributed by atoms with Gasteiger partial charge in [-0.05, 0) is 55.9 Å². The molecular formula is C29H34N4O3S. The molecule has 0 amide bonds. The molecule has 0 radical (unpaired) electrons. The number of nitrogens with one attached hydrogen (secondary N) is 1. The van der Waals surface area contributed by atoms with Gasteiger partial charge in [0.25, 0.3) is 0 Å². The topological polar surface area (TPSA) is 86.1 Å². The van der Waals surface area contributed by atoms with E-state index in [9.17, 15) is 9.59 Å². The number of thioether (sulfide) groups is 1. The van der Waals surface area contributed by atoms with Gasteiger partial charge in [0, 0.05) is 42.3 Å². The summed E-state index contributed by atoms with van der Waals surface area (Å²) in [6.45, 7) is 2.13. The molecule has 2 aromatic heterocycles. The third-order valence-electron chi connectivity index (χ3n) is 7.52. The lowest BCUT2D eigenvalue weighted by Crippen LogP contribution is -2.52. The monoisotopic (exact) mass is 518 g/mol. The van der Waals surface area contributed by atoms with Gasteiger partial charge in [0.1, 0.15) is 17.4 Å². The van der Waals surface area contributed by atoms with Gasteiger partial charge in [-0.3, -0.25) is 9.36 Å². The molecule has 37 heavy (non-hydrogen) atoms. The molecule has 2 aliphatic rings. The zero-order chi connectivity index (χ0) is 25.8. The normalized spacial score (nSPS) is 17.4. The highest BCUT2D eigenvalue weighted by atomic mass is 32.2. The summed E-state index contributed by atoms with van der Waals surface area (Å²) in [6, 6.07) is 11.6. The summed E-state index contributed by atoms with van der Waals surface area (Å²) in [5, 5.41) is 3.41. The number of carbonyl (C=O) groups is 2. The van der Waals surface area contributed by atoms with E-state index in [1.54, 1.807) is 24.0 Å². The van der Waals surface area contributed by atoms with Crippen molar-refractivity contribution in [1.82, 2.24) is 19.9 Å². The number of pyridine rings is 1. The number of imidazole rings is 1. The molecule has 1 fully saturated rings. The first-order chi connectivity index (χ1) is 18.1. The van der Waals surface area contributed by atoms with Crippen molar-refractivity contribution in [3.8, 4) is 5.69 Å². The Kier molecular flexibility index (Phi) is 7.65. The second-order valence-electron chi connectivity index (χ2n) is 9.84. The standard InChI is InChI=1S/C29H34N4O3S/c1-3-36-28(35)23(31-24-19-25(34)29(24)14-5-4-6-15-29)18-20-9-11-21(12-10-20)33-26(13-17-37-2)32-22-8-7-16-30-27(22)33/h7-12,16,19,23,31H,3-6,13-15,17-18H2,1-2H3/t23-/m0/s1. The van der Waals surface area contributed by atoms with Crippen LogP contribution in [0.4, 0.5) is 0 Å². The predicted octanol–water partition coefficient (Wildman–Crippen LogP) is 4.81. The summed E-state index contributed by atoms with van der Waals surface area (Å²) in [4.78, 5) is 34.8. The molecule has 1 spiro atoms. The number of aryl methyl sites for hydroxylation is 1. The SMILES string of the molecule is CCOC(=O)[C@H](Cc1ccc(-n2c(CCSC)nc3cccnc32)cc1)NC1=CC(=O)C12CCCCC2. The van der Waals surface area contributed by atoms with E-state index in [0.29, 0.717) is 13.0 Å². The van der Waals surface area contributed by atoms with Gasteiger partial charge in [-0.15, -0.1) is 0 Å². The zero-order valence-corrected chi connectivity index (χ0v) is 22.4. The molecule has 1 atom stereocenters. The van der Waals surface area contributed by atoms with Crippen molar-refractivity contribution in [3.05, 3.63) is 65.8 Å². The van der Waals surface area contributed by atoms with Crippen LogP contribution in [-0.4, -0.2) is 50.9 Å². The molecule has 3 aromatic rings. The number of allylic oxidation sites excluding steroid dienone is 2. The molecule has 0 aliphatic heterocycles. The van der Waals surface area contributed by atoms with Gasteiger partial charge in [0.15, 0.2) is 11.4 Å². The Hall–Kier alpha value is -3.13. The number of hydrogen-bond donors (Lipinski definition) is 1. The lowest BCUT2D eigenvalue weighted by molar-refractivity contribution is -0.146.